The lowest BCUT2D eigenvalue weighted by Crippen LogP contribution is -2.19. The molecule has 0 aliphatic heterocycles. The van der Waals surface area contributed by atoms with Gasteiger partial charge < -0.3 is 0 Å². The molecule has 2 aromatic heterocycles. The molecular weight excluding hydrogens is 250 g/mol. The van der Waals surface area contributed by atoms with Crippen LogP contribution in [-0.2, 0) is 0 Å². The molecule has 0 spiro atoms. The maximum Gasteiger partial charge on any atom is 0.344 e. The fraction of sp³-hybridized carbons (Fsp3) is 0.273. The molecule has 0 saturated carbocycles. The number of pyridine rings is 1. The summed E-state index contributed by atoms with van der Waals surface area (Å²) in [5.41, 5.74) is 0.136. The van der Waals surface area contributed by atoms with Gasteiger partial charge in [-0.1, -0.05) is 0 Å². The van der Waals surface area contributed by atoms with Crippen molar-refractivity contribution in [2.75, 3.05) is 0 Å². The number of hydrogen-bond acceptors (Lipinski definition) is 5. The smallest absolute Gasteiger partial charge is 0.267 e. The number of aromatic nitrogens is 4. The Morgan fingerprint density at radius 3 is 2.83 bits per heavy atom. The second-order valence-electron chi connectivity index (χ2n) is 3.87. The van der Waals surface area contributed by atoms with Crippen LogP contribution in [0.15, 0.2) is 33.2 Å². The van der Waals surface area contributed by atoms with Crippen LogP contribution in [0.4, 0.5) is 0 Å². The average Bonchev–Trinajstić information content (AvgIpc) is 2.71. The van der Waals surface area contributed by atoms with Crippen LogP contribution in [0.3, 0.4) is 0 Å². The van der Waals surface area contributed by atoms with Gasteiger partial charge in [-0.25, -0.2) is 14.9 Å². The van der Waals surface area contributed by atoms with Gasteiger partial charge in [0, 0.05) is 17.1 Å². The highest BCUT2D eigenvalue weighted by atomic mass is 32.2. The van der Waals surface area contributed by atoms with Crippen LogP contribution < -0.4 is 5.69 Å². The highest BCUT2D eigenvalue weighted by molar-refractivity contribution is 7.99. The third-order valence-corrected chi connectivity index (χ3v) is 3.20. The van der Waals surface area contributed by atoms with Gasteiger partial charge in [-0.2, -0.15) is 5.26 Å². The Kier molecular flexibility index (Phi) is 3.48. The van der Waals surface area contributed by atoms with Crippen molar-refractivity contribution >= 4 is 11.8 Å². The van der Waals surface area contributed by atoms with Crippen molar-refractivity contribution in [3.8, 4) is 6.07 Å². The summed E-state index contributed by atoms with van der Waals surface area (Å²) in [7, 11) is 0. The normalized spacial score (nSPS) is 10.6. The number of rotatable bonds is 3. The maximum absolute atomic E-state index is 11.5. The Morgan fingerprint density at radius 1 is 1.50 bits per heavy atom. The van der Waals surface area contributed by atoms with Gasteiger partial charge in [0.15, 0.2) is 5.16 Å². The van der Waals surface area contributed by atoms with E-state index in [9.17, 15) is 4.79 Å². The highest BCUT2D eigenvalue weighted by Crippen LogP contribution is 2.25. The molecule has 92 valence electrons. The lowest BCUT2D eigenvalue weighted by molar-refractivity contribution is 0.534. The largest absolute Gasteiger partial charge is 0.344 e. The van der Waals surface area contributed by atoms with Crippen LogP contribution >= 0.6 is 11.8 Å². The number of nitrogens with one attached hydrogen (secondary N) is 1. The van der Waals surface area contributed by atoms with Crippen molar-refractivity contribution in [3.05, 3.63) is 34.5 Å². The summed E-state index contributed by atoms with van der Waals surface area (Å²) in [5, 5.41) is 15.6. The summed E-state index contributed by atoms with van der Waals surface area (Å²) in [4.78, 5) is 16.3. The van der Waals surface area contributed by atoms with E-state index in [-0.39, 0.29) is 11.7 Å². The van der Waals surface area contributed by atoms with Gasteiger partial charge in [-0.05, 0) is 37.7 Å². The summed E-state index contributed by atoms with van der Waals surface area (Å²) >= 11 is 1.33. The molecule has 2 heterocycles. The van der Waals surface area contributed by atoms with E-state index in [0.29, 0.717) is 10.9 Å². The standard InChI is InChI=1S/C11H11N5OS/c1-7(2)16-10(17)14-15-11(16)18-9-4-3-8(5-12)13-6-9/h3-4,6-7H,1-2H3,(H,14,17). The first-order chi connectivity index (χ1) is 8.61. The molecule has 18 heavy (non-hydrogen) atoms. The van der Waals surface area contributed by atoms with Gasteiger partial charge in [0.25, 0.3) is 0 Å². The number of nitriles is 1. The number of H-pyrrole nitrogens is 1. The van der Waals surface area contributed by atoms with Gasteiger partial charge in [0.05, 0.1) is 0 Å². The summed E-state index contributed by atoms with van der Waals surface area (Å²) < 4.78 is 1.57. The van der Waals surface area contributed by atoms with E-state index in [0.717, 1.165) is 4.90 Å². The highest BCUT2D eigenvalue weighted by Gasteiger charge is 2.12. The quantitative estimate of drug-likeness (QED) is 0.906. The molecule has 0 atom stereocenters. The molecule has 2 rings (SSSR count). The molecule has 0 fully saturated rings. The third kappa shape index (κ3) is 2.43. The molecule has 7 heteroatoms. The molecule has 0 amide bonds. The van der Waals surface area contributed by atoms with Crippen LogP contribution in [0.1, 0.15) is 25.6 Å². The SMILES string of the molecule is CC(C)n1c(Sc2ccc(C#N)nc2)n[nH]c1=O. The van der Waals surface area contributed by atoms with Crippen LogP contribution in [0, 0.1) is 11.3 Å². The Labute approximate surface area is 108 Å². The van der Waals surface area contributed by atoms with Gasteiger partial charge in [0.2, 0.25) is 0 Å². The zero-order valence-electron chi connectivity index (χ0n) is 9.91. The lowest BCUT2D eigenvalue weighted by Gasteiger charge is -2.07. The Hall–Kier alpha value is -2.07. The fourth-order valence-corrected chi connectivity index (χ4v) is 2.37. The van der Waals surface area contributed by atoms with Crippen LogP contribution in [0.2, 0.25) is 0 Å². The second kappa shape index (κ2) is 5.06. The van der Waals surface area contributed by atoms with Gasteiger partial charge in [-0.15, -0.1) is 5.10 Å². The molecule has 0 unspecified atom stereocenters. The molecule has 0 saturated heterocycles. The fourth-order valence-electron chi connectivity index (χ4n) is 1.43. The third-order valence-electron chi connectivity index (χ3n) is 2.25. The number of hydrogen-bond donors (Lipinski definition) is 1. The zero-order valence-corrected chi connectivity index (χ0v) is 10.7. The zero-order chi connectivity index (χ0) is 13.1. The molecule has 2 aromatic rings. The predicted octanol–water partition coefficient (Wildman–Crippen LogP) is 1.57. The van der Waals surface area contributed by atoms with Gasteiger partial charge >= 0.3 is 5.69 Å². The first-order valence-corrected chi connectivity index (χ1v) is 6.14. The summed E-state index contributed by atoms with van der Waals surface area (Å²) in [6, 6.07) is 5.40. The van der Waals surface area contributed by atoms with Crippen molar-refractivity contribution in [1.82, 2.24) is 19.7 Å². The van der Waals surface area contributed by atoms with E-state index < -0.39 is 0 Å². The molecule has 0 aliphatic carbocycles. The van der Waals surface area contributed by atoms with Crippen molar-refractivity contribution in [2.45, 2.75) is 29.9 Å². The molecule has 6 nitrogen and oxygen atoms in total. The molecule has 0 radical (unpaired) electrons. The van der Waals surface area contributed by atoms with Gasteiger partial charge in [-0.3, -0.25) is 4.57 Å². The molecule has 0 bridgehead atoms. The monoisotopic (exact) mass is 261 g/mol. The average molecular weight is 261 g/mol. The van der Waals surface area contributed by atoms with Gasteiger partial charge in [0.1, 0.15) is 11.8 Å². The minimum Gasteiger partial charge on any atom is -0.267 e. The Balaban J connectivity index is 2.29. The minimum atomic E-state index is -0.228. The topological polar surface area (TPSA) is 87.4 Å². The van der Waals surface area contributed by atoms with E-state index in [1.165, 1.54) is 11.8 Å². The van der Waals surface area contributed by atoms with E-state index in [1.54, 1.807) is 22.9 Å². The van der Waals surface area contributed by atoms with Crippen molar-refractivity contribution in [2.24, 2.45) is 0 Å². The van der Waals surface area contributed by atoms with E-state index >= 15 is 0 Å². The number of aromatic amines is 1. The Morgan fingerprint density at radius 2 is 2.28 bits per heavy atom. The van der Waals surface area contributed by atoms with Crippen molar-refractivity contribution in [1.29, 1.82) is 5.26 Å². The van der Waals surface area contributed by atoms with Crippen molar-refractivity contribution in [3.63, 3.8) is 0 Å². The van der Waals surface area contributed by atoms with Crippen molar-refractivity contribution < 1.29 is 0 Å². The first kappa shape index (κ1) is 12.4. The molecular formula is C11H11N5OS. The van der Waals surface area contributed by atoms with Crippen LogP contribution in [0.5, 0.6) is 0 Å². The summed E-state index contributed by atoms with van der Waals surface area (Å²) in [6.07, 6.45) is 1.59. The molecule has 1 N–H and O–H groups in total. The van der Waals surface area contributed by atoms with Crippen LogP contribution in [-0.4, -0.2) is 19.7 Å². The number of nitrogens with zero attached hydrogens (tertiary/aromatic N) is 4. The van der Waals surface area contributed by atoms with E-state index in [1.807, 2.05) is 19.9 Å². The maximum atomic E-state index is 11.5. The molecule has 0 aliphatic rings. The van der Waals surface area contributed by atoms with Crippen LogP contribution in [0.25, 0.3) is 0 Å². The predicted molar refractivity (Wildman–Crippen MR) is 66.3 cm³/mol. The second-order valence-corrected chi connectivity index (χ2v) is 4.91. The minimum absolute atomic E-state index is 0.0325. The first-order valence-electron chi connectivity index (χ1n) is 5.32. The lowest BCUT2D eigenvalue weighted by atomic mass is 10.4. The summed E-state index contributed by atoms with van der Waals surface area (Å²) in [5.74, 6) is 0. The summed E-state index contributed by atoms with van der Waals surface area (Å²) in [6.45, 7) is 3.83. The van der Waals surface area contributed by atoms with E-state index in [4.69, 9.17) is 5.26 Å². The Bertz CT molecular complexity index is 635. The van der Waals surface area contributed by atoms with E-state index in [2.05, 4.69) is 15.2 Å². The molecule has 0 aromatic carbocycles.